The maximum absolute atomic E-state index is 3.86. The first-order valence-electron chi connectivity index (χ1n) is 8.37. The summed E-state index contributed by atoms with van der Waals surface area (Å²) < 4.78 is 0. The van der Waals surface area contributed by atoms with Gasteiger partial charge < -0.3 is 10.2 Å². The van der Waals surface area contributed by atoms with Gasteiger partial charge in [-0.1, -0.05) is 44.9 Å². The van der Waals surface area contributed by atoms with E-state index in [9.17, 15) is 0 Å². The number of para-hydroxylation sites is 1. The van der Waals surface area contributed by atoms with Crippen LogP contribution in [-0.2, 0) is 6.54 Å². The molecule has 2 nitrogen and oxygen atoms in total. The Morgan fingerprint density at radius 1 is 1.15 bits per heavy atom. The van der Waals surface area contributed by atoms with E-state index in [0.717, 1.165) is 12.6 Å². The summed E-state index contributed by atoms with van der Waals surface area (Å²) in [5.74, 6) is 0. The molecule has 110 valence electrons. The van der Waals surface area contributed by atoms with Crippen molar-refractivity contribution >= 4 is 5.69 Å². The van der Waals surface area contributed by atoms with Crippen LogP contribution in [0.25, 0.3) is 0 Å². The van der Waals surface area contributed by atoms with E-state index in [4.69, 9.17) is 0 Å². The van der Waals surface area contributed by atoms with Gasteiger partial charge in [-0.3, -0.25) is 0 Å². The molecule has 1 aromatic rings. The smallest absolute Gasteiger partial charge is 0.0414 e. The number of hydrogen-bond donors (Lipinski definition) is 1. The third-order valence-electron chi connectivity index (χ3n) is 5.55. The van der Waals surface area contributed by atoms with Gasteiger partial charge in [-0.05, 0) is 37.3 Å². The minimum atomic E-state index is 0.279. The van der Waals surface area contributed by atoms with Crippen molar-refractivity contribution < 1.29 is 0 Å². The van der Waals surface area contributed by atoms with Crippen LogP contribution < -0.4 is 10.2 Å². The van der Waals surface area contributed by atoms with Crippen LogP contribution in [0, 0.1) is 0 Å². The molecule has 0 spiro atoms. The van der Waals surface area contributed by atoms with Crippen molar-refractivity contribution in [3.63, 3.8) is 0 Å². The third kappa shape index (κ3) is 2.46. The lowest BCUT2D eigenvalue weighted by Gasteiger charge is -2.39. The van der Waals surface area contributed by atoms with Crippen molar-refractivity contribution in [3.05, 3.63) is 29.8 Å². The fourth-order valence-corrected chi connectivity index (χ4v) is 3.96. The lowest BCUT2D eigenvalue weighted by molar-refractivity contribution is 0.300. The molecule has 1 saturated carbocycles. The average Bonchev–Trinajstić information content (AvgIpc) is 2.97. The molecular formula is C18H28N2. The van der Waals surface area contributed by atoms with Gasteiger partial charge >= 0.3 is 0 Å². The van der Waals surface area contributed by atoms with Crippen molar-refractivity contribution in [2.24, 2.45) is 0 Å². The summed E-state index contributed by atoms with van der Waals surface area (Å²) in [6.07, 6.45) is 7.97. The van der Waals surface area contributed by atoms with E-state index in [1.54, 1.807) is 0 Å². The van der Waals surface area contributed by atoms with E-state index >= 15 is 0 Å². The van der Waals surface area contributed by atoms with Gasteiger partial charge in [0, 0.05) is 30.4 Å². The van der Waals surface area contributed by atoms with Gasteiger partial charge in [-0.15, -0.1) is 0 Å². The summed E-state index contributed by atoms with van der Waals surface area (Å²) in [5.41, 5.74) is 3.24. The van der Waals surface area contributed by atoms with Gasteiger partial charge in [0.25, 0.3) is 0 Å². The number of nitrogens with zero attached hydrogens (tertiary/aromatic N) is 1. The summed E-state index contributed by atoms with van der Waals surface area (Å²) in [7, 11) is 0. The molecule has 2 heteroatoms. The Labute approximate surface area is 123 Å². The van der Waals surface area contributed by atoms with Crippen LogP contribution in [0.4, 0.5) is 5.69 Å². The van der Waals surface area contributed by atoms with Crippen molar-refractivity contribution in [1.82, 2.24) is 5.32 Å². The molecule has 2 aliphatic rings. The van der Waals surface area contributed by atoms with E-state index < -0.39 is 0 Å². The Morgan fingerprint density at radius 3 is 2.55 bits per heavy atom. The summed E-state index contributed by atoms with van der Waals surface area (Å²) in [5, 5.41) is 3.86. The number of benzene rings is 1. The minimum absolute atomic E-state index is 0.279. The number of fused-ring (bicyclic) bond motifs is 1. The predicted octanol–water partition coefficient (Wildman–Crippen LogP) is 4.10. The maximum Gasteiger partial charge on any atom is 0.0414 e. The summed E-state index contributed by atoms with van der Waals surface area (Å²) in [6.45, 7) is 6.85. The normalized spacial score (nSPS) is 22.6. The van der Waals surface area contributed by atoms with Gasteiger partial charge in [0.1, 0.15) is 0 Å². The van der Waals surface area contributed by atoms with Crippen molar-refractivity contribution in [2.75, 3.05) is 11.4 Å². The minimum Gasteiger partial charge on any atom is -0.366 e. The Bertz CT molecular complexity index is 444. The highest BCUT2D eigenvalue weighted by molar-refractivity contribution is 5.56. The van der Waals surface area contributed by atoms with E-state index in [2.05, 4.69) is 48.3 Å². The Hall–Kier alpha value is -1.02. The topological polar surface area (TPSA) is 15.3 Å². The van der Waals surface area contributed by atoms with Crippen molar-refractivity contribution in [2.45, 2.75) is 70.5 Å². The molecule has 1 fully saturated rings. The fourth-order valence-electron chi connectivity index (χ4n) is 3.96. The number of nitrogens with one attached hydrogen (secondary N) is 1. The average molecular weight is 272 g/mol. The lowest BCUT2D eigenvalue weighted by atomic mass is 9.91. The SMILES string of the molecule is CCC1(CC)CN(C2CCCC2)c2ccccc2CN1. The second-order valence-electron chi connectivity index (χ2n) is 6.54. The molecule has 0 unspecified atom stereocenters. The second-order valence-corrected chi connectivity index (χ2v) is 6.54. The molecular weight excluding hydrogens is 244 g/mol. The standard InChI is InChI=1S/C18H28N2/c1-3-18(4-2)14-20(16-10-6-7-11-16)17-12-8-5-9-15(17)13-19-18/h5,8-9,12,16,19H,3-4,6-7,10-11,13-14H2,1-2H3. The summed E-state index contributed by atoms with van der Waals surface area (Å²) in [6, 6.07) is 9.76. The first-order valence-corrected chi connectivity index (χ1v) is 8.37. The Morgan fingerprint density at radius 2 is 1.85 bits per heavy atom. The van der Waals surface area contributed by atoms with Gasteiger partial charge in [0.05, 0.1) is 0 Å². The zero-order chi connectivity index (χ0) is 14.0. The monoisotopic (exact) mass is 272 g/mol. The van der Waals surface area contributed by atoms with Gasteiger partial charge in [0.2, 0.25) is 0 Å². The first kappa shape index (κ1) is 13.9. The fraction of sp³-hybridized carbons (Fsp3) is 0.667. The van der Waals surface area contributed by atoms with E-state index in [1.165, 1.54) is 56.3 Å². The van der Waals surface area contributed by atoms with Gasteiger partial charge in [-0.2, -0.15) is 0 Å². The number of anilines is 1. The van der Waals surface area contributed by atoms with Crippen LogP contribution in [0.15, 0.2) is 24.3 Å². The van der Waals surface area contributed by atoms with Crippen LogP contribution in [-0.4, -0.2) is 18.1 Å². The quantitative estimate of drug-likeness (QED) is 0.891. The molecule has 3 rings (SSSR count). The molecule has 0 bridgehead atoms. The van der Waals surface area contributed by atoms with Crippen LogP contribution in [0.1, 0.15) is 57.9 Å². The Kier molecular flexibility index (Phi) is 4.02. The summed E-state index contributed by atoms with van der Waals surface area (Å²) in [4.78, 5) is 2.73. The van der Waals surface area contributed by atoms with Crippen LogP contribution >= 0.6 is 0 Å². The first-order chi connectivity index (χ1) is 9.78. The van der Waals surface area contributed by atoms with E-state index in [0.29, 0.717) is 0 Å². The molecule has 0 aromatic heterocycles. The zero-order valence-electron chi connectivity index (χ0n) is 13.0. The molecule has 0 saturated heterocycles. The largest absolute Gasteiger partial charge is 0.366 e. The van der Waals surface area contributed by atoms with Gasteiger partial charge in [-0.25, -0.2) is 0 Å². The highest BCUT2D eigenvalue weighted by Gasteiger charge is 2.35. The maximum atomic E-state index is 3.86. The number of hydrogen-bond acceptors (Lipinski definition) is 2. The molecule has 0 atom stereocenters. The van der Waals surface area contributed by atoms with Crippen molar-refractivity contribution in [3.8, 4) is 0 Å². The molecule has 0 amide bonds. The molecule has 1 N–H and O–H groups in total. The molecule has 1 aliphatic carbocycles. The highest BCUT2D eigenvalue weighted by atomic mass is 15.2. The van der Waals surface area contributed by atoms with Crippen LogP contribution in [0.3, 0.4) is 0 Å². The number of rotatable bonds is 3. The summed E-state index contributed by atoms with van der Waals surface area (Å²) >= 11 is 0. The molecule has 20 heavy (non-hydrogen) atoms. The molecule has 1 heterocycles. The van der Waals surface area contributed by atoms with Gasteiger partial charge in [0.15, 0.2) is 0 Å². The van der Waals surface area contributed by atoms with E-state index in [1.807, 2.05) is 0 Å². The highest BCUT2D eigenvalue weighted by Crippen LogP contribution is 2.35. The van der Waals surface area contributed by atoms with E-state index in [-0.39, 0.29) is 5.54 Å². The Balaban J connectivity index is 1.97. The van der Waals surface area contributed by atoms with Crippen LogP contribution in [0.2, 0.25) is 0 Å². The second kappa shape index (κ2) is 5.77. The molecule has 1 aliphatic heterocycles. The molecule has 0 radical (unpaired) electrons. The molecule has 1 aromatic carbocycles. The zero-order valence-corrected chi connectivity index (χ0v) is 13.0. The lowest BCUT2D eigenvalue weighted by Crippen LogP contribution is -2.52. The predicted molar refractivity (Wildman–Crippen MR) is 86.2 cm³/mol. The van der Waals surface area contributed by atoms with Crippen molar-refractivity contribution in [1.29, 1.82) is 0 Å². The third-order valence-corrected chi connectivity index (χ3v) is 5.55. The van der Waals surface area contributed by atoms with Crippen LogP contribution in [0.5, 0.6) is 0 Å².